The Morgan fingerprint density at radius 1 is 1.41 bits per heavy atom. The van der Waals surface area contributed by atoms with Crippen molar-refractivity contribution in [3.63, 3.8) is 0 Å². The van der Waals surface area contributed by atoms with Crippen LogP contribution < -0.4 is 0 Å². The fourth-order valence-electron chi connectivity index (χ4n) is 2.02. The average molecular weight is 252 g/mol. The molecule has 1 aromatic rings. The molecule has 1 fully saturated rings. The first-order valence-electron chi connectivity index (χ1n) is 5.89. The van der Waals surface area contributed by atoms with Crippen LogP contribution in [-0.4, -0.2) is 48.4 Å². The fraction of sp³-hybridized carbons (Fsp3) is 0.462. The third-order valence-electron chi connectivity index (χ3n) is 3.15. The van der Waals surface area contributed by atoms with Crippen LogP contribution in [0.1, 0.15) is 17.3 Å². The summed E-state index contributed by atoms with van der Waals surface area (Å²) in [4.78, 5) is 16.4. The molecular weight excluding hydrogens is 236 g/mol. The maximum atomic E-state index is 12.2. The molecule has 0 atom stereocenters. The molecule has 1 aliphatic heterocycles. The number of hydrogen-bond acceptors (Lipinski definition) is 2. The van der Waals surface area contributed by atoms with Crippen molar-refractivity contribution in [2.75, 3.05) is 32.7 Å². The summed E-state index contributed by atoms with van der Waals surface area (Å²) >= 11 is 6.01. The number of carbonyl (C=O) groups excluding carboxylic acids is 1. The van der Waals surface area contributed by atoms with Gasteiger partial charge in [-0.15, -0.1) is 0 Å². The summed E-state index contributed by atoms with van der Waals surface area (Å²) in [5.74, 6) is 0.0275. The third-order valence-corrected chi connectivity index (χ3v) is 3.46. The van der Waals surface area contributed by atoms with Gasteiger partial charge in [-0.3, -0.25) is 4.79 Å². The predicted octanol–water partition coefficient (Wildman–Crippen LogP) is 1.92. The van der Waals surface area contributed by atoms with Crippen molar-refractivity contribution in [1.29, 1.82) is 0 Å². The molecule has 3 nitrogen and oxygen atoms in total. The van der Waals surface area contributed by atoms with Gasteiger partial charge >= 0.3 is 0 Å². The zero-order valence-electron chi connectivity index (χ0n) is 9.95. The van der Waals surface area contributed by atoms with Crippen molar-refractivity contribution in [2.24, 2.45) is 0 Å². The number of rotatable bonds is 2. The van der Waals surface area contributed by atoms with Gasteiger partial charge in [0, 0.05) is 26.2 Å². The highest BCUT2D eigenvalue weighted by Crippen LogP contribution is 2.17. The smallest absolute Gasteiger partial charge is 0.255 e. The molecule has 4 heteroatoms. The Labute approximate surface area is 107 Å². The molecule has 17 heavy (non-hydrogen) atoms. The van der Waals surface area contributed by atoms with E-state index < -0.39 is 0 Å². The van der Waals surface area contributed by atoms with Crippen LogP contribution in [0.2, 0.25) is 5.02 Å². The third kappa shape index (κ3) is 2.79. The Kier molecular flexibility index (Phi) is 4.02. The van der Waals surface area contributed by atoms with Crippen molar-refractivity contribution < 1.29 is 4.79 Å². The Morgan fingerprint density at radius 2 is 2.12 bits per heavy atom. The largest absolute Gasteiger partial charge is 0.336 e. The zero-order valence-corrected chi connectivity index (χ0v) is 10.7. The van der Waals surface area contributed by atoms with E-state index in [1.807, 2.05) is 4.90 Å². The molecule has 0 unspecified atom stereocenters. The number of piperazine rings is 1. The molecule has 1 aromatic carbocycles. The second-order valence-corrected chi connectivity index (χ2v) is 4.54. The minimum Gasteiger partial charge on any atom is -0.336 e. The van der Waals surface area contributed by atoms with Gasteiger partial charge in [0.2, 0.25) is 0 Å². The van der Waals surface area contributed by atoms with E-state index in [-0.39, 0.29) is 5.91 Å². The minimum absolute atomic E-state index is 0.0275. The first-order chi connectivity index (χ1) is 8.22. The summed E-state index contributed by atoms with van der Waals surface area (Å²) < 4.78 is 0. The minimum atomic E-state index is 0.0275. The zero-order chi connectivity index (χ0) is 12.3. The van der Waals surface area contributed by atoms with E-state index in [9.17, 15) is 4.79 Å². The van der Waals surface area contributed by atoms with Crippen molar-refractivity contribution in [1.82, 2.24) is 9.80 Å². The fourth-order valence-corrected chi connectivity index (χ4v) is 2.23. The summed E-state index contributed by atoms with van der Waals surface area (Å²) in [5, 5.41) is 0.482. The first kappa shape index (κ1) is 12.4. The van der Waals surface area contributed by atoms with Crippen LogP contribution in [0.25, 0.3) is 0 Å². The number of likely N-dealkylation sites (N-methyl/N-ethyl adjacent to an activating group) is 1. The number of benzene rings is 1. The van der Waals surface area contributed by atoms with Gasteiger partial charge in [0.05, 0.1) is 10.6 Å². The summed E-state index contributed by atoms with van der Waals surface area (Å²) in [7, 11) is 0. The van der Waals surface area contributed by atoms with Crippen LogP contribution in [0.15, 0.2) is 18.2 Å². The normalized spacial score (nSPS) is 17.2. The van der Waals surface area contributed by atoms with Crippen LogP contribution in [0.3, 0.4) is 0 Å². The van der Waals surface area contributed by atoms with E-state index in [1.165, 1.54) is 0 Å². The monoisotopic (exact) mass is 251 g/mol. The van der Waals surface area contributed by atoms with Gasteiger partial charge in [-0.05, 0) is 24.7 Å². The molecule has 0 saturated carbocycles. The van der Waals surface area contributed by atoms with E-state index in [2.05, 4.69) is 17.9 Å². The van der Waals surface area contributed by atoms with E-state index in [0.717, 1.165) is 32.7 Å². The molecule has 0 aromatic heterocycles. The summed E-state index contributed by atoms with van der Waals surface area (Å²) in [6.45, 7) is 6.63. The van der Waals surface area contributed by atoms with E-state index in [1.54, 1.807) is 18.2 Å². The molecule has 0 aliphatic carbocycles. The van der Waals surface area contributed by atoms with Gasteiger partial charge in [0.1, 0.15) is 0 Å². The number of carbonyl (C=O) groups is 1. The second-order valence-electron chi connectivity index (χ2n) is 4.13. The summed E-state index contributed by atoms with van der Waals surface area (Å²) in [5.41, 5.74) is 0.579. The molecule has 2 rings (SSSR count). The van der Waals surface area contributed by atoms with E-state index >= 15 is 0 Å². The van der Waals surface area contributed by atoms with Gasteiger partial charge in [0.25, 0.3) is 5.91 Å². The Bertz CT molecular complexity index is 400. The van der Waals surface area contributed by atoms with E-state index in [0.29, 0.717) is 10.6 Å². The quantitative estimate of drug-likeness (QED) is 0.802. The predicted molar refractivity (Wildman–Crippen MR) is 68.3 cm³/mol. The van der Waals surface area contributed by atoms with Gasteiger partial charge in [-0.1, -0.05) is 24.6 Å². The molecule has 1 saturated heterocycles. The van der Waals surface area contributed by atoms with E-state index in [4.69, 9.17) is 11.6 Å². The van der Waals surface area contributed by atoms with Crippen LogP contribution in [0.4, 0.5) is 0 Å². The molecule has 0 bridgehead atoms. The van der Waals surface area contributed by atoms with Crippen molar-refractivity contribution in [3.8, 4) is 0 Å². The van der Waals surface area contributed by atoms with Gasteiger partial charge in [-0.2, -0.15) is 0 Å². The highest BCUT2D eigenvalue weighted by Gasteiger charge is 2.22. The average Bonchev–Trinajstić information content (AvgIpc) is 2.39. The highest BCUT2D eigenvalue weighted by molar-refractivity contribution is 6.33. The van der Waals surface area contributed by atoms with Crippen LogP contribution in [0, 0.1) is 6.07 Å². The number of nitrogens with zero attached hydrogens (tertiary/aromatic N) is 2. The lowest BCUT2D eigenvalue weighted by Crippen LogP contribution is -2.48. The Balaban J connectivity index is 2.04. The number of hydrogen-bond donors (Lipinski definition) is 0. The maximum absolute atomic E-state index is 12.2. The summed E-state index contributed by atoms with van der Waals surface area (Å²) in [6, 6.07) is 7.96. The SMILES string of the molecule is CCN1CCN(C(=O)c2cc[c]cc2Cl)CC1. The lowest BCUT2D eigenvalue weighted by molar-refractivity contribution is 0.0643. The van der Waals surface area contributed by atoms with Crippen molar-refractivity contribution in [2.45, 2.75) is 6.92 Å². The Hall–Kier alpha value is -1.06. The molecule has 1 aliphatic rings. The molecule has 1 amide bonds. The maximum Gasteiger partial charge on any atom is 0.255 e. The highest BCUT2D eigenvalue weighted by atomic mass is 35.5. The summed E-state index contributed by atoms with van der Waals surface area (Å²) in [6.07, 6.45) is 0. The van der Waals surface area contributed by atoms with Crippen LogP contribution in [0.5, 0.6) is 0 Å². The lowest BCUT2D eigenvalue weighted by Gasteiger charge is -2.34. The molecule has 91 valence electrons. The second kappa shape index (κ2) is 5.52. The topological polar surface area (TPSA) is 23.6 Å². The van der Waals surface area contributed by atoms with Crippen LogP contribution in [-0.2, 0) is 0 Å². The lowest BCUT2D eigenvalue weighted by atomic mass is 10.2. The van der Waals surface area contributed by atoms with Gasteiger partial charge < -0.3 is 9.80 Å². The van der Waals surface area contributed by atoms with Crippen LogP contribution >= 0.6 is 11.6 Å². The molecule has 1 heterocycles. The number of halogens is 1. The van der Waals surface area contributed by atoms with Gasteiger partial charge in [0.15, 0.2) is 0 Å². The molecular formula is C13H16ClN2O. The standard InChI is InChI=1S/C13H16ClN2O/c1-2-15-7-9-16(10-8-15)13(17)11-5-3-4-6-12(11)14/h3,5-6H,2,7-10H2,1H3. The first-order valence-corrected chi connectivity index (χ1v) is 6.27. The van der Waals surface area contributed by atoms with Crippen molar-refractivity contribution in [3.05, 3.63) is 34.9 Å². The van der Waals surface area contributed by atoms with Crippen molar-refractivity contribution >= 4 is 17.5 Å². The number of amides is 1. The van der Waals surface area contributed by atoms with Gasteiger partial charge in [-0.25, -0.2) is 0 Å². The molecule has 0 N–H and O–H groups in total. The molecule has 1 radical (unpaired) electrons. The molecule has 0 spiro atoms. The Morgan fingerprint density at radius 3 is 2.71 bits per heavy atom.